The molecular weight excluding hydrogens is 208 g/mol. The van der Waals surface area contributed by atoms with Gasteiger partial charge in [-0.2, -0.15) is 0 Å². The van der Waals surface area contributed by atoms with E-state index in [4.69, 9.17) is 5.73 Å². The standard InChI is InChI=1S/C15H24N2/c1-15(2,12-16)14-9-6-10-17(14)11-13-7-4-3-5-8-13/h3-5,7-8,14H,6,9-12,16H2,1-2H3. The van der Waals surface area contributed by atoms with E-state index in [-0.39, 0.29) is 5.41 Å². The zero-order valence-corrected chi connectivity index (χ0v) is 11.0. The Kier molecular flexibility index (Phi) is 3.85. The summed E-state index contributed by atoms with van der Waals surface area (Å²) in [5.41, 5.74) is 7.55. The monoisotopic (exact) mass is 232 g/mol. The number of nitrogens with zero attached hydrogens (tertiary/aromatic N) is 1. The van der Waals surface area contributed by atoms with Crippen LogP contribution in [0.4, 0.5) is 0 Å². The average molecular weight is 232 g/mol. The summed E-state index contributed by atoms with van der Waals surface area (Å²) >= 11 is 0. The van der Waals surface area contributed by atoms with Gasteiger partial charge in [0.05, 0.1) is 0 Å². The largest absolute Gasteiger partial charge is 0.330 e. The first-order chi connectivity index (χ1) is 8.13. The Hall–Kier alpha value is -0.860. The molecule has 0 radical (unpaired) electrons. The second-order valence-corrected chi connectivity index (χ2v) is 5.81. The highest BCUT2D eigenvalue weighted by molar-refractivity contribution is 5.15. The van der Waals surface area contributed by atoms with Crippen molar-refractivity contribution in [2.24, 2.45) is 11.1 Å². The van der Waals surface area contributed by atoms with Gasteiger partial charge in [-0.15, -0.1) is 0 Å². The predicted octanol–water partition coefficient (Wildman–Crippen LogP) is 2.64. The molecule has 2 nitrogen and oxygen atoms in total. The van der Waals surface area contributed by atoms with E-state index in [0.717, 1.165) is 13.1 Å². The molecule has 0 aromatic heterocycles. The Morgan fingerprint density at radius 3 is 2.65 bits per heavy atom. The fourth-order valence-corrected chi connectivity index (χ4v) is 2.85. The molecule has 1 aliphatic heterocycles. The van der Waals surface area contributed by atoms with Crippen LogP contribution in [0.2, 0.25) is 0 Å². The molecule has 1 fully saturated rings. The number of nitrogens with two attached hydrogens (primary N) is 1. The SMILES string of the molecule is CC(C)(CN)C1CCCN1Cc1ccccc1. The molecule has 2 heteroatoms. The summed E-state index contributed by atoms with van der Waals surface area (Å²) in [7, 11) is 0. The number of rotatable bonds is 4. The van der Waals surface area contributed by atoms with Crippen molar-refractivity contribution in [2.45, 2.75) is 39.3 Å². The van der Waals surface area contributed by atoms with Crippen LogP contribution in [-0.4, -0.2) is 24.0 Å². The topological polar surface area (TPSA) is 29.3 Å². The zero-order chi connectivity index (χ0) is 12.3. The third kappa shape index (κ3) is 2.88. The van der Waals surface area contributed by atoms with Crippen LogP contribution in [0.25, 0.3) is 0 Å². The summed E-state index contributed by atoms with van der Waals surface area (Å²) < 4.78 is 0. The molecule has 0 spiro atoms. The second-order valence-electron chi connectivity index (χ2n) is 5.81. The van der Waals surface area contributed by atoms with Gasteiger partial charge in [-0.3, -0.25) is 4.90 Å². The van der Waals surface area contributed by atoms with E-state index < -0.39 is 0 Å². The highest BCUT2D eigenvalue weighted by Gasteiger charge is 2.36. The maximum atomic E-state index is 5.92. The summed E-state index contributed by atoms with van der Waals surface area (Å²) in [6.07, 6.45) is 2.60. The van der Waals surface area contributed by atoms with Crippen LogP contribution in [0.15, 0.2) is 30.3 Å². The molecule has 1 aromatic rings. The summed E-state index contributed by atoms with van der Waals surface area (Å²) in [5, 5.41) is 0. The molecule has 94 valence electrons. The van der Waals surface area contributed by atoms with Crippen LogP contribution in [0.1, 0.15) is 32.3 Å². The normalized spacial score (nSPS) is 21.9. The quantitative estimate of drug-likeness (QED) is 0.864. The van der Waals surface area contributed by atoms with Crippen molar-refractivity contribution >= 4 is 0 Å². The van der Waals surface area contributed by atoms with E-state index in [2.05, 4.69) is 49.1 Å². The van der Waals surface area contributed by atoms with E-state index >= 15 is 0 Å². The molecule has 0 saturated carbocycles. The van der Waals surface area contributed by atoms with Crippen molar-refractivity contribution in [3.8, 4) is 0 Å². The Balaban J connectivity index is 2.06. The number of hydrogen-bond donors (Lipinski definition) is 1. The molecule has 0 aliphatic carbocycles. The van der Waals surface area contributed by atoms with Gasteiger partial charge in [-0.25, -0.2) is 0 Å². The molecule has 1 unspecified atom stereocenters. The second kappa shape index (κ2) is 5.19. The van der Waals surface area contributed by atoms with Crippen LogP contribution < -0.4 is 5.73 Å². The molecule has 2 rings (SSSR count). The van der Waals surface area contributed by atoms with E-state index in [9.17, 15) is 0 Å². The molecule has 1 aromatic carbocycles. The van der Waals surface area contributed by atoms with Crippen LogP contribution in [0.5, 0.6) is 0 Å². The lowest BCUT2D eigenvalue weighted by Gasteiger charge is -2.37. The van der Waals surface area contributed by atoms with E-state index in [1.807, 2.05) is 0 Å². The summed E-state index contributed by atoms with van der Waals surface area (Å²) in [4.78, 5) is 2.60. The average Bonchev–Trinajstić information content (AvgIpc) is 2.79. The summed E-state index contributed by atoms with van der Waals surface area (Å²) in [5.74, 6) is 0. The fraction of sp³-hybridized carbons (Fsp3) is 0.600. The molecule has 1 aliphatic rings. The molecule has 2 N–H and O–H groups in total. The first-order valence-electron chi connectivity index (χ1n) is 6.61. The Labute approximate surface area is 105 Å². The molecule has 1 saturated heterocycles. The van der Waals surface area contributed by atoms with E-state index in [0.29, 0.717) is 6.04 Å². The zero-order valence-electron chi connectivity index (χ0n) is 11.0. The van der Waals surface area contributed by atoms with Gasteiger partial charge in [-0.1, -0.05) is 44.2 Å². The van der Waals surface area contributed by atoms with Gasteiger partial charge >= 0.3 is 0 Å². The molecule has 1 atom stereocenters. The number of likely N-dealkylation sites (tertiary alicyclic amines) is 1. The first kappa shape index (κ1) is 12.6. The van der Waals surface area contributed by atoms with Crippen LogP contribution >= 0.6 is 0 Å². The van der Waals surface area contributed by atoms with Gasteiger partial charge in [0, 0.05) is 12.6 Å². The van der Waals surface area contributed by atoms with Gasteiger partial charge < -0.3 is 5.73 Å². The minimum absolute atomic E-state index is 0.227. The fourth-order valence-electron chi connectivity index (χ4n) is 2.85. The van der Waals surface area contributed by atoms with Crippen molar-refractivity contribution in [3.63, 3.8) is 0 Å². The summed E-state index contributed by atoms with van der Waals surface area (Å²) in [6.45, 7) is 7.63. The molecule has 0 amide bonds. The van der Waals surface area contributed by atoms with Crippen LogP contribution in [0.3, 0.4) is 0 Å². The highest BCUT2D eigenvalue weighted by atomic mass is 15.2. The Bertz CT molecular complexity index is 345. The van der Waals surface area contributed by atoms with Crippen molar-refractivity contribution in [3.05, 3.63) is 35.9 Å². The molecular formula is C15H24N2. The van der Waals surface area contributed by atoms with Gasteiger partial charge in [0.2, 0.25) is 0 Å². The lowest BCUT2D eigenvalue weighted by atomic mass is 9.83. The van der Waals surface area contributed by atoms with E-state index in [1.165, 1.54) is 24.9 Å². The van der Waals surface area contributed by atoms with Crippen LogP contribution in [-0.2, 0) is 6.54 Å². The summed E-state index contributed by atoms with van der Waals surface area (Å²) in [6, 6.07) is 11.4. The minimum Gasteiger partial charge on any atom is -0.330 e. The lowest BCUT2D eigenvalue weighted by Crippen LogP contribution is -2.44. The third-order valence-electron chi connectivity index (χ3n) is 4.02. The van der Waals surface area contributed by atoms with Gasteiger partial charge in [0.1, 0.15) is 0 Å². The Morgan fingerprint density at radius 1 is 1.29 bits per heavy atom. The van der Waals surface area contributed by atoms with E-state index in [1.54, 1.807) is 0 Å². The Morgan fingerprint density at radius 2 is 2.00 bits per heavy atom. The van der Waals surface area contributed by atoms with Gasteiger partial charge in [-0.05, 0) is 36.9 Å². The molecule has 1 heterocycles. The number of benzene rings is 1. The highest BCUT2D eigenvalue weighted by Crippen LogP contribution is 2.33. The van der Waals surface area contributed by atoms with Gasteiger partial charge in [0.25, 0.3) is 0 Å². The van der Waals surface area contributed by atoms with Gasteiger partial charge in [0.15, 0.2) is 0 Å². The minimum atomic E-state index is 0.227. The maximum absolute atomic E-state index is 5.92. The molecule has 0 bridgehead atoms. The van der Waals surface area contributed by atoms with Crippen molar-refractivity contribution < 1.29 is 0 Å². The predicted molar refractivity (Wildman–Crippen MR) is 72.7 cm³/mol. The maximum Gasteiger partial charge on any atom is 0.0236 e. The molecule has 17 heavy (non-hydrogen) atoms. The smallest absolute Gasteiger partial charge is 0.0236 e. The number of hydrogen-bond acceptors (Lipinski definition) is 2. The van der Waals surface area contributed by atoms with Crippen LogP contribution in [0, 0.1) is 5.41 Å². The van der Waals surface area contributed by atoms with Crippen molar-refractivity contribution in [2.75, 3.05) is 13.1 Å². The van der Waals surface area contributed by atoms with Crippen molar-refractivity contribution in [1.82, 2.24) is 4.90 Å². The van der Waals surface area contributed by atoms with Crippen molar-refractivity contribution in [1.29, 1.82) is 0 Å². The first-order valence-corrected chi connectivity index (χ1v) is 6.61. The lowest BCUT2D eigenvalue weighted by molar-refractivity contribution is 0.126. The third-order valence-corrected chi connectivity index (χ3v) is 4.02.